The average molecular weight is 480 g/mol. The van der Waals surface area contributed by atoms with Crippen LogP contribution in [0.15, 0.2) is 55.0 Å². The Morgan fingerprint density at radius 1 is 1.00 bits per heavy atom. The highest BCUT2D eigenvalue weighted by molar-refractivity contribution is 6.06. The van der Waals surface area contributed by atoms with Gasteiger partial charge in [0.25, 0.3) is 5.91 Å². The molecule has 10 heteroatoms. The number of nitrogens with one attached hydrogen (secondary N) is 2. The van der Waals surface area contributed by atoms with Gasteiger partial charge >= 0.3 is 0 Å². The summed E-state index contributed by atoms with van der Waals surface area (Å²) in [5.41, 5.74) is 0.516. The van der Waals surface area contributed by atoms with Crippen LogP contribution in [-0.2, 0) is 0 Å². The summed E-state index contributed by atoms with van der Waals surface area (Å²) in [6, 6.07) is 7.74. The van der Waals surface area contributed by atoms with Crippen LogP contribution in [0.4, 0.5) is 24.5 Å². The van der Waals surface area contributed by atoms with Crippen molar-refractivity contribution in [2.45, 2.75) is 18.9 Å². The van der Waals surface area contributed by atoms with Gasteiger partial charge in [-0.3, -0.25) is 14.8 Å². The van der Waals surface area contributed by atoms with Crippen LogP contribution in [0.1, 0.15) is 23.2 Å². The largest absolute Gasteiger partial charge is 0.496 e. The van der Waals surface area contributed by atoms with E-state index in [2.05, 4.69) is 20.6 Å². The van der Waals surface area contributed by atoms with Crippen molar-refractivity contribution in [3.05, 3.63) is 78.0 Å². The molecule has 0 unspecified atom stereocenters. The van der Waals surface area contributed by atoms with Crippen LogP contribution in [-0.4, -0.2) is 29.0 Å². The average Bonchev–Trinajstić information content (AvgIpc) is 3.66. The minimum atomic E-state index is -1.04. The lowest BCUT2D eigenvalue weighted by Gasteiger charge is -2.14. The molecule has 7 nitrogen and oxygen atoms in total. The maximum absolute atomic E-state index is 14.9. The molecule has 2 aromatic heterocycles. The molecule has 1 fully saturated rings. The molecular weight excluding hydrogens is 461 g/mol. The second kappa shape index (κ2) is 9.13. The number of benzene rings is 2. The zero-order valence-electron chi connectivity index (χ0n) is 18.4. The number of ether oxygens (including phenoxy) is 2. The Morgan fingerprint density at radius 3 is 2.46 bits per heavy atom. The van der Waals surface area contributed by atoms with E-state index in [1.54, 1.807) is 0 Å². The van der Waals surface area contributed by atoms with Crippen molar-refractivity contribution in [1.82, 2.24) is 9.97 Å². The molecule has 0 radical (unpaired) electrons. The number of nitrogens with zero attached hydrogens (tertiary/aromatic N) is 2. The van der Waals surface area contributed by atoms with E-state index >= 15 is 0 Å². The van der Waals surface area contributed by atoms with Crippen molar-refractivity contribution in [2.75, 3.05) is 17.7 Å². The van der Waals surface area contributed by atoms with Gasteiger partial charge in [-0.05, 0) is 31.0 Å². The molecule has 1 saturated carbocycles. The molecule has 178 valence electrons. The Bertz CT molecular complexity index is 1420. The van der Waals surface area contributed by atoms with Crippen LogP contribution in [0.25, 0.3) is 10.9 Å². The molecule has 0 bridgehead atoms. The lowest BCUT2D eigenvalue weighted by molar-refractivity contribution is 0.102. The summed E-state index contributed by atoms with van der Waals surface area (Å²) >= 11 is 0. The summed E-state index contributed by atoms with van der Waals surface area (Å²) in [4.78, 5) is 20.5. The van der Waals surface area contributed by atoms with Crippen molar-refractivity contribution in [2.24, 2.45) is 0 Å². The number of hydrogen-bond acceptors (Lipinski definition) is 6. The lowest BCUT2D eigenvalue weighted by atomic mass is 10.1. The Morgan fingerprint density at radius 2 is 1.74 bits per heavy atom. The molecule has 2 N–H and O–H groups in total. The number of carbonyl (C=O) groups is 1. The summed E-state index contributed by atoms with van der Waals surface area (Å²) in [6.07, 6.45) is 5.98. The zero-order valence-corrected chi connectivity index (χ0v) is 18.4. The van der Waals surface area contributed by atoms with Gasteiger partial charge in [0.15, 0.2) is 17.4 Å². The molecule has 2 aromatic carbocycles. The third-order valence-electron chi connectivity index (χ3n) is 5.44. The molecule has 2 heterocycles. The van der Waals surface area contributed by atoms with E-state index in [-0.39, 0.29) is 40.0 Å². The topological polar surface area (TPSA) is 85.4 Å². The van der Waals surface area contributed by atoms with Crippen molar-refractivity contribution in [3.8, 4) is 17.2 Å². The van der Waals surface area contributed by atoms with Gasteiger partial charge in [0.1, 0.15) is 17.3 Å². The maximum Gasteiger partial charge on any atom is 0.261 e. The fourth-order valence-electron chi connectivity index (χ4n) is 3.56. The molecular formula is C25H19F3N4O3. The van der Waals surface area contributed by atoms with Crippen LogP contribution in [0.3, 0.4) is 0 Å². The van der Waals surface area contributed by atoms with E-state index in [0.717, 1.165) is 25.0 Å². The molecule has 1 amide bonds. The van der Waals surface area contributed by atoms with E-state index in [1.807, 2.05) is 0 Å². The highest BCUT2D eigenvalue weighted by Crippen LogP contribution is 2.36. The zero-order chi connectivity index (χ0) is 24.5. The first-order valence-corrected chi connectivity index (χ1v) is 10.7. The van der Waals surface area contributed by atoms with Crippen LogP contribution in [0.5, 0.6) is 17.2 Å². The normalized spacial score (nSPS) is 12.9. The Hall–Kier alpha value is -4.34. The van der Waals surface area contributed by atoms with Gasteiger partial charge in [0.05, 0.1) is 23.9 Å². The highest BCUT2D eigenvalue weighted by Gasteiger charge is 2.23. The second-order valence-electron chi connectivity index (χ2n) is 7.98. The number of fused-ring (bicyclic) bond motifs is 1. The van der Waals surface area contributed by atoms with E-state index in [9.17, 15) is 18.0 Å². The molecule has 0 aliphatic heterocycles. The van der Waals surface area contributed by atoms with Crippen LogP contribution < -0.4 is 20.1 Å². The first-order chi connectivity index (χ1) is 16.9. The molecule has 5 rings (SSSR count). The number of pyridine rings is 2. The van der Waals surface area contributed by atoms with E-state index < -0.39 is 29.1 Å². The van der Waals surface area contributed by atoms with E-state index in [1.165, 1.54) is 50.0 Å². The number of anilines is 2. The van der Waals surface area contributed by atoms with Gasteiger partial charge in [-0.25, -0.2) is 13.2 Å². The van der Waals surface area contributed by atoms with Gasteiger partial charge in [-0.15, -0.1) is 0 Å². The third kappa shape index (κ3) is 4.68. The molecule has 0 atom stereocenters. The first-order valence-electron chi connectivity index (χ1n) is 10.7. The fourth-order valence-corrected chi connectivity index (χ4v) is 3.56. The smallest absolute Gasteiger partial charge is 0.261 e. The van der Waals surface area contributed by atoms with Crippen LogP contribution in [0.2, 0.25) is 0 Å². The SMILES string of the molecule is COc1ccncc1C(=O)Nc1cc(F)c(Oc2ccnc3cc(F)c(NC4CC4)cc23)c(F)c1. The van der Waals surface area contributed by atoms with Crippen LogP contribution in [0, 0.1) is 17.5 Å². The number of rotatable bonds is 7. The monoisotopic (exact) mass is 480 g/mol. The summed E-state index contributed by atoms with van der Waals surface area (Å²) < 4.78 is 54.8. The number of halogens is 3. The Balaban J connectivity index is 1.43. The summed E-state index contributed by atoms with van der Waals surface area (Å²) in [7, 11) is 1.39. The predicted octanol–water partition coefficient (Wildman–Crippen LogP) is 5.67. The van der Waals surface area contributed by atoms with Gasteiger partial charge in [-0.2, -0.15) is 0 Å². The van der Waals surface area contributed by atoms with E-state index in [4.69, 9.17) is 9.47 Å². The molecule has 0 saturated heterocycles. The number of methoxy groups -OCH3 is 1. The van der Waals surface area contributed by atoms with Gasteiger partial charge in [-0.1, -0.05) is 0 Å². The van der Waals surface area contributed by atoms with Crippen molar-refractivity contribution < 1.29 is 27.4 Å². The number of amides is 1. The first kappa shape index (κ1) is 22.5. The van der Waals surface area contributed by atoms with Crippen molar-refractivity contribution >= 4 is 28.2 Å². The Labute approximate surface area is 197 Å². The predicted molar refractivity (Wildman–Crippen MR) is 124 cm³/mol. The maximum atomic E-state index is 14.9. The van der Waals surface area contributed by atoms with Crippen LogP contribution >= 0.6 is 0 Å². The third-order valence-corrected chi connectivity index (χ3v) is 5.44. The second-order valence-corrected chi connectivity index (χ2v) is 7.98. The fraction of sp³-hybridized carbons (Fsp3) is 0.160. The number of hydrogen-bond donors (Lipinski definition) is 2. The standard InChI is InChI=1S/C25H19F3N4O3/c1-34-22-4-6-29-12-16(22)25(33)32-14-8-18(27)24(19(28)9-14)35-23-5-7-30-20-11-17(26)21(10-15(20)23)31-13-2-3-13/h4-13,31H,2-3H2,1H3,(H,32,33). The summed E-state index contributed by atoms with van der Waals surface area (Å²) in [6.45, 7) is 0. The number of carbonyl (C=O) groups excluding carboxylic acids is 1. The lowest BCUT2D eigenvalue weighted by Crippen LogP contribution is -2.14. The van der Waals surface area contributed by atoms with E-state index in [0.29, 0.717) is 5.39 Å². The molecule has 35 heavy (non-hydrogen) atoms. The van der Waals surface area contributed by atoms with Gasteiger partial charge < -0.3 is 20.1 Å². The molecule has 1 aliphatic carbocycles. The number of aromatic nitrogens is 2. The summed E-state index contributed by atoms with van der Waals surface area (Å²) in [5.74, 6) is -3.52. The minimum Gasteiger partial charge on any atom is -0.496 e. The van der Waals surface area contributed by atoms with Crippen molar-refractivity contribution in [1.29, 1.82) is 0 Å². The minimum absolute atomic E-state index is 0.0993. The quantitative estimate of drug-likeness (QED) is 0.354. The van der Waals surface area contributed by atoms with Gasteiger partial charge in [0.2, 0.25) is 0 Å². The molecule has 1 aliphatic rings. The van der Waals surface area contributed by atoms with Crippen molar-refractivity contribution in [3.63, 3.8) is 0 Å². The highest BCUT2D eigenvalue weighted by atomic mass is 19.1. The Kier molecular flexibility index (Phi) is 5.86. The molecule has 0 spiro atoms. The molecule has 4 aromatic rings. The summed E-state index contributed by atoms with van der Waals surface area (Å²) in [5, 5.41) is 5.88. The van der Waals surface area contributed by atoms with Gasteiger partial charge in [0, 0.05) is 53.9 Å².